The van der Waals surface area contributed by atoms with E-state index in [1.807, 2.05) is 0 Å². The van der Waals surface area contributed by atoms with Gasteiger partial charge in [0.15, 0.2) is 0 Å². The van der Waals surface area contributed by atoms with E-state index in [2.05, 4.69) is 20.9 Å². The fourth-order valence-electron chi connectivity index (χ4n) is 1.53. The van der Waals surface area contributed by atoms with Gasteiger partial charge in [0, 0.05) is 28.0 Å². The summed E-state index contributed by atoms with van der Waals surface area (Å²) in [5, 5.41) is 0.347. The summed E-state index contributed by atoms with van der Waals surface area (Å²) in [5.74, 6) is -1.11. The SMILES string of the molecule is CC(Br)c1c(F)cc2ncccc2c1F. The van der Waals surface area contributed by atoms with Gasteiger partial charge in [0.05, 0.1) is 5.52 Å². The maximum atomic E-state index is 13.9. The molecule has 2 aromatic rings. The number of aromatic nitrogens is 1. The van der Waals surface area contributed by atoms with Gasteiger partial charge in [-0.25, -0.2) is 8.78 Å². The first-order valence-electron chi connectivity index (χ1n) is 4.48. The number of hydrogen-bond acceptors (Lipinski definition) is 1. The largest absolute Gasteiger partial charge is 0.256 e. The Balaban J connectivity index is 2.84. The van der Waals surface area contributed by atoms with Gasteiger partial charge < -0.3 is 0 Å². The molecule has 0 saturated carbocycles. The quantitative estimate of drug-likeness (QED) is 0.716. The van der Waals surface area contributed by atoms with E-state index in [0.29, 0.717) is 10.9 Å². The second kappa shape index (κ2) is 3.85. The third-order valence-electron chi connectivity index (χ3n) is 2.23. The van der Waals surface area contributed by atoms with E-state index in [4.69, 9.17) is 0 Å². The van der Waals surface area contributed by atoms with Crippen molar-refractivity contribution < 1.29 is 8.78 Å². The summed E-state index contributed by atoms with van der Waals surface area (Å²) < 4.78 is 27.4. The number of fused-ring (bicyclic) bond motifs is 1. The normalized spacial score (nSPS) is 13.1. The van der Waals surface area contributed by atoms with Gasteiger partial charge in [0.2, 0.25) is 0 Å². The van der Waals surface area contributed by atoms with Crippen LogP contribution in [0.25, 0.3) is 10.9 Å². The van der Waals surface area contributed by atoms with Crippen LogP contribution >= 0.6 is 15.9 Å². The summed E-state index contributed by atoms with van der Waals surface area (Å²) in [6.45, 7) is 1.68. The van der Waals surface area contributed by atoms with Crippen LogP contribution in [0.15, 0.2) is 24.4 Å². The lowest BCUT2D eigenvalue weighted by molar-refractivity contribution is 0.566. The number of pyridine rings is 1. The van der Waals surface area contributed by atoms with Gasteiger partial charge in [-0.2, -0.15) is 0 Å². The summed E-state index contributed by atoms with van der Waals surface area (Å²) in [4.78, 5) is 3.55. The molecular weight excluding hydrogens is 264 g/mol. The molecule has 0 aliphatic heterocycles. The van der Waals surface area contributed by atoms with Crippen molar-refractivity contribution in [1.29, 1.82) is 0 Å². The van der Waals surface area contributed by atoms with Crippen LogP contribution in [-0.2, 0) is 0 Å². The van der Waals surface area contributed by atoms with Crippen LogP contribution in [0.4, 0.5) is 8.78 Å². The van der Waals surface area contributed by atoms with Crippen molar-refractivity contribution in [3.05, 3.63) is 41.6 Å². The summed E-state index contributed by atoms with van der Waals surface area (Å²) in [6, 6.07) is 4.48. The number of alkyl halides is 1. The van der Waals surface area contributed by atoms with Gasteiger partial charge >= 0.3 is 0 Å². The third-order valence-corrected chi connectivity index (χ3v) is 2.69. The average molecular weight is 272 g/mol. The van der Waals surface area contributed by atoms with Crippen molar-refractivity contribution in [2.24, 2.45) is 0 Å². The highest BCUT2D eigenvalue weighted by Gasteiger charge is 2.17. The second-order valence-electron chi connectivity index (χ2n) is 3.27. The van der Waals surface area contributed by atoms with E-state index in [0.717, 1.165) is 0 Å². The Morgan fingerprint density at radius 1 is 1.40 bits per heavy atom. The van der Waals surface area contributed by atoms with Crippen molar-refractivity contribution in [2.75, 3.05) is 0 Å². The summed E-state index contributed by atoms with van der Waals surface area (Å²) >= 11 is 3.17. The van der Waals surface area contributed by atoms with Crippen LogP contribution in [0.3, 0.4) is 0 Å². The molecule has 0 N–H and O–H groups in total. The Kier molecular flexibility index (Phi) is 2.69. The molecule has 0 bridgehead atoms. The van der Waals surface area contributed by atoms with E-state index < -0.39 is 11.6 Å². The standard InChI is InChI=1S/C11H8BrF2N/c1-6(12)10-8(13)5-9-7(11(10)14)3-2-4-15-9/h2-6H,1H3. The lowest BCUT2D eigenvalue weighted by Gasteiger charge is -2.09. The van der Waals surface area contributed by atoms with Crippen molar-refractivity contribution in [2.45, 2.75) is 11.8 Å². The molecule has 1 nitrogen and oxygen atoms in total. The predicted octanol–water partition coefficient (Wildman–Crippen LogP) is 3.97. The van der Waals surface area contributed by atoms with Crippen LogP contribution in [0.2, 0.25) is 0 Å². The van der Waals surface area contributed by atoms with Gasteiger partial charge in [-0.15, -0.1) is 0 Å². The molecule has 1 atom stereocenters. The van der Waals surface area contributed by atoms with Crippen LogP contribution in [0, 0.1) is 11.6 Å². The van der Waals surface area contributed by atoms with Crippen LogP contribution in [-0.4, -0.2) is 4.98 Å². The van der Waals surface area contributed by atoms with Crippen LogP contribution in [0.5, 0.6) is 0 Å². The molecule has 0 radical (unpaired) electrons. The number of hydrogen-bond donors (Lipinski definition) is 0. The van der Waals surface area contributed by atoms with E-state index >= 15 is 0 Å². The van der Waals surface area contributed by atoms with Crippen molar-refractivity contribution in [1.82, 2.24) is 4.98 Å². The number of halogens is 3. The van der Waals surface area contributed by atoms with E-state index in [1.54, 1.807) is 19.1 Å². The molecule has 0 aliphatic carbocycles. The maximum absolute atomic E-state index is 13.9. The zero-order chi connectivity index (χ0) is 11.0. The lowest BCUT2D eigenvalue weighted by Crippen LogP contribution is -1.98. The van der Waals surface area contributed by atoms with Gasteiger partial charge in [-0.05, 0) is 19.1 Å². The fourth-order valence-corrected chi connectivity index (χ4v) is 1.95. The Hall–Kier alpha value is -1.03. The highest BCUT2D eigenvalue weighted by molar-refractivity contribution is 9.09. The highest BCUT2D eigenvalue weighted by atomic mass is 79.9. The van der Waals surface area contributed by atoms with Crippen LogP contribution in [0.1, 0.15) is 17.3 Å². The molecule has 2 rings (SSSR count). The number of rotatable bonds is 1. The predicted molar refractivity (Wildman–Crippen MR) is 59.0 cm³/mol. The molecule has 1 unspecified atom stereocenters. The van der Waals surface area contributed by atoms with Gasteiger partial charge in [-0.1, -0.05) is 15.9 Å². The van der Waals surface area contributed by atoms with Crippen molar-refractivity contribution in [3.8, 4) is 0 Å². The number of benzene rings is 1. The first-order valence-corrected chi connectivity index (χ1v) is 5.39. The second-order valence-corrected chi connectivity index (χ2v) is 4.65. The lowest BCUT2D eigenvalue weighted by atomic mass is 10.1. The molecule has 0 saturated heterocycles. The topological polar surface area (TPSA) is 12.9 Å². The van der Waals surface area contributed by atoms with Crippen molar-refractivity contribution in [3.63, 3.8) is 0 Å². The third kappa shape index (κ3) is 1.74. The molecule has 15 heavy (non-hydrogen) atoms. The molecule has 1 heterocycles. The minimum atomic E-state index is -0.567. The number of nitrogens with zero attached hydrogens (tertiary/aromatic N) is 1. The van der Waals surface area contributed by atoms with Gasteiger partial charge in [0.1, 0.15) is 11.6 Å². The zero-order valence-electron chi connectivity index (χ0n) is 7.97. The first kappa shape index (κ1) is 10.5. The zero-order valence-corrected chi connectivity index (χ0v) is 9.55. The Morgan fingerprint density at radius 2 is 2.13 bits per heavy atom. The fraction of sp³-hybridized carbons (Fsp3) is 0.182. The summed E-state index contributed by atoms with van der Waals surface area (Å²) in [6.07, 6.45) is 1.51. The summed E-state index contributed by atoms with van der Waals surface area (Å²) in [5.41, 5.74) is 0.389. The Bertz CT molecular complexity index is 511. The smallest absolute Gasteiger partial charge is 0.139 e. The monoisotopic (exact) mass is 271 g/mol. The minimum Gasteiger partial charge on any atom is -0.256 e. The van der Waals surface area contributed by atoms with Crippen LogP contribution < -0.4 is 0 Å². The highest BCUT2D eigenvalue weighted by Crippen LogP contribution is 2.31. The maximum Gasteiger partial charge on any atom is 0.139 e. The van der Waals surface area contributed by atoms with E-state index in [9.17, 15) is 8.78 Å². The van der Waals surface area contributed by atoms with Gasteiger partial charge in [-0.3, -0.25) is 4.98 Å². The van der Waals surface area contributed by atoms with E-state index in [-0.39, 0.29) is 10.4 Å². The summed E-state index contributed by atoms with van der Waals surface area (Å²) in [7, 11) is 0. The molecule has 78 valence electrons. The van der Waals surface area contributed by atoms with Crippen molar-refractivity contribution >= 4 is 26.8 Å². The molecule has 0 spiro atoms. The molecule has 0 aliphatic rings. The Morgan fingerprint density at radius 3 is 2.80 bits per heavy atom. The van der Waals surface area contributed by atoms with E-state index in [1.165, 1.54) is 12.3 Å². The minimum absolute atomic E-state index is 0.0514. The molecule has 1 aromatic carbocycles. The Labute approximate surface area is 94.3 Å². The molecule has 0 amide bonds. The molecule has 0 fully saturated rings. The average Bonchev–Trinajstić information content (AvgIpc) is 2.17. The molecular formula is C11H8BrF2N. The van der Waals surface area contributed by atoms with Gasteiger partial charge in [0.25, 0.3) is 0 Å². The molecule has 4 heteroatoms. The first-order chi connectivity index (χ1) is 7.11. The molecule has 1 aromatic heterocycles.